The maximum absolute atomic E-state index is 12.4. The molecule has 0 aliphatic carbocycles. The van der Waals surface area contributed by atoms with Crippen LogP contribution in [0.25, 0.3) is 0 Å². The van der Waals surface area contributed by atoms with Crippen LogP contribution in [0.2, 0.25) is 10.0 Å². The molecular weight excluding hydrogens is 451 g/mol. The van der Waals surface area contributed by atoms with Crippen LogP contribution in [0.5, 0.6) is 0 Å². The number of aryl methyl sites for hydroxylation is 1. The number of hydrogen-bond acceptors (Lipinski definition) is 6. The lowest BCUT2D eigenvalue weighted by atomic mass is 9.90. The number of nitrogens with zero attached hydrogens (tertiary/aromatic N) is 2. The van der Waals surface area contributed by atoms with E-state index in [4.69, 9.17) is 32.7 Å². The summed E-state index contributed by atoms with van der Waals surface area (Å²) in [6.45, 7) is 4.56. The van der Waals surface area contributed by atoms with Crippen molar-refractivity contribution < 1.29 is 24.2 Å². The van der Waals surface area contributed by atoms with Gasteiger partial charge in [-0.3, -0.25) is 0 Å². The fourth-order valence-corrected chi connectivity index (χ4v) is 4.66. The smallest absolute Gasteiger partial charge is 0.407 e. The van der Waals surface area contributed by atoms with Gasteiger partial charge in [0.25, 0.3) is 0 Å². The number of hydrogen-bond donors (Lipinski definition) is 1. The Morgan fingerprint density at radius 3 is 2.80 bits per heavy atom. The van der Waals surface area contributed by atoms with E-state index in [2.05, 4.69) is 4.98 Å². The standard InChI is InChI=1S/C20H22Cl2N2O5S/c1-3-28-19(25)18-16(23-11(2)30-18)9-13-10-24(20(26)27)6-7-29-17(13)12-4-5-14(21)15(22)8-12/h4-5,8,13,17H,3,6-7,9-10H2,1-2H3,(H,26,27)/t13-,17+/m1/s1. The summed E-state index contributed by atoms with van der Waals surface area (Å²) in [5, 5.41) is 11.1. The zero-order valence-electron chi connectivity index (χ0n) is 16.6. The van der Waals surface area contributed by atoms with Crippen molar-refractivity contribution in [2.24, 2.45) is 5.92 Å². The molecule has 162 valence electrons. The molecule has 1 aliphatic rings. The van der Waals surface area contributed by atoms with Gasteiger partial charge >= 0.3 is 12.1 Å². The highest BCUT2D eigenvalue weighted by Crippen LogP contribution is 2.36. The second-order valence-corrected chi connectivity index (χ2v) is 8.90. The number of aromatic nitrogens is 1. The van der Waals surface area contributed by atoms with Crippen LogP contribution in [0.1, 0.15) is 39.0 Å². The van der Waals surface area contributed by atoms with Crippen molar-refractivity contribution in [3.63, 3.8) is 0 Å². The van der Waals surface area contributed by atoms with Crippen LogP contribution < -0.4 is 0 Å². The van der Waals surface area contributed by atoms with E-state index in [-0.39, 0.29) is 32.2 Å². The minimum Gasteiger partial charge on any atom is -0.465 e. The summed E-state index contributed by atoms with van der Waals surface area (Å²) >= 11 is 13.5. The van der Waals surface area contributed by atoms with Gasteiger partial charge in [-0.15, -0.1) is 11.3 Å². The van der Waals surface area contributed by atoms with Gasteiger partial charge in [-0.1, -0.05) is 29.3 Å². The molecule has 2 aromatic rings. The molecule has 0 saturated carbocycles. The fraction of sp³-hybridized carbons (Fsp3) is 0.450. The fourth-order valence-electron chi connectivity index (χ4n) is 3.51. The Bertz CT molecular complexity index is 936. The van der Waals surface area contributed by atoms with Crippen molar-refractivity contribution in [1.82, 2.24) is 9.88 Å². The maximum Gasteiger partial charge on any atom is 0.407 e. The summed E-state index contributed by atoms with van der Waals surface area (Å²) in [6, 6.07) is 5.24. The number of amides is 1. The van der Waals surface area contributed by atoms with Gasteiger partial charge in [0.15, 0.2) is 0 Å². The Morgan fingerprint density at radius 1 is 1.37 bits per heavy atom. The lowest BCUT2D eigenvalue weighted by Gasteiger charge is -2.27. The predicted octanol–water partition coefficient (Wildman–Crippen LogP) is 4.85. The molecule has 2 heterocycles. The first-order valence-corrected chi connectivity index (χ1v) is 11.0. The molecule has 7 nitrogen and oxygen atoms in total. The lowest BCUT2D eigenvalue weighted by Crippen LogP contribution is -2.35. The molecule has 1 N–H and O–H groups in total. The molecule has 0 unspecified atom stereocenters. The molecule has 1 fully saturated rings. The van der Waals surface area contributed by atoms with Crippen LogP contribution in [0.4, 0.5) is 4.79 Å². The largest absolute Gasteiger partial charge is 0.465 e. The highest BCUT2D eigenvalue weighted by Gasteiger charge is 2.33. The van der Waals surface area contributed by atoms with Gasteiger partial charge in [-0.05, 0) is 38.0 Å². The van der Waals surface area contributed by atoms with E-state index in [0.29, 0.717) is 27.0 Å². The van der Waals surface area contributed by atoms with Gasteiger partial charge in [0.2, 0.25) is 0 Å². The number of carbonyl (C=O) groups is 2. The third kappa shape index (κ3) is 5.24. The minimum absolute atomic E-state index is 0.235. The van der Waals surface area contributed by atoms with Crippen molar-refractivity contribution in [2.45, 2.75) is 26.4 Å². The van der Waals surface area contributed by atoms with E-state index >= 15 is 0 Å². The number of thiazole rings is 1. The molecule has 1 amide bonds. The molecule has 3 rings (SSSR count). The number of esters is 1. The first-order valence-electron chi connectivity index (χ1n) is 9.48. The number of ether oxygens (including phenoxy) is 2. The van der Waals surface area contributed by atoms with E-state index < -0.39 is 18.2 Å². The summed E-state index contributed by atoms with van der Waals surface area (Å²) in [7, 11) is 0. The molecule has 1 aromatic heterocycles. The normalized spacial score (nSPS) is 19.4. The molecular formula is C20H22Cl2N2O5S. The van der Waals surface area contributed by atoms with E-state index in [1.807, 2.05) is 13.0 Å². The van der Waals surface area contributed by atoms with Crippen LogP contribution in [-0.4, -0.2) is 53.4 Å². The Labute approximate surface area is 188 Å². The third-order valence-corrected chi connectivity index (χ3v) is 6.54. The van der Waals surface area contributed by atoms with Crippen LogP contribution in [0, 0.1) is 12.8 Å². The topological polar surface area (TPSA) is 89.0 Å². The summed E-state index contributed by atoms with van der Waals surface area (Å²) in [5.74, 6) is -0.704. The van der Waals surface area contributed by atoms with Gasteiger partial charge in [0, 0.05) is 19.0 Å². The van der Waals surface area contributed by atoms with E-state index in [0.717, 1.165) is 10.6 Å². The van der Waals surface area contributed by atoms with Gasteiger partial charge in [-0.25, -0.2) is 14.6 Å². The van der Waals surface area contributed by atoms with Crippen molar-refractivity contribution >= 4 is 46.6 Å². The SMILES string of the molecule is CCOC(=O)c1sc(C)nc1C[C@@H]1CN(C(=O)O)CCO[C@H]1c1ccc(Cl)c(Cl)c1. The van der Waals surface area contributed by atoms with Crippen LogP contribution in [0.3, 0.4) is 0 Å². The quantitative estimate of drug-likeness (QED) is 0.625. The molecule has 0 bridgehead atoms. The average Bonchev–Trinajstić information content (AvgIpc) is 2.92. The summed E-state index contributed by atoms with van der Waals surface area (Å²) in [5.41, 5.74) is 1.38. The third-order valence-electron chi connectivity index (χ3n) is 4.81. The zero-order valence-corrected chi connectivity index (χ0v) is 18.9. The van der Waals surface area contributed by atoms with Gasteiger partial charge in [0.05, 0.1) is 40.1 Å². The Kier molecular flexibility index (Phi) is 7.57. The van der Waals surface area contributed by atoms with Gasteiger partial charge in [0.1, 0.15) is 4.88 Å². The predicted molar refractivity (Wildman–Crippen MR) is 115 cm³/mol. The Hall–Kier alpha value is -1.87. The van der Waals surface area contributed by atoms with E-state index in [1.54, 1.807) is 19.1 Å². The van der Waals surface area contributed by atoms with Crippen molar-refractivity contribution in [3.05, 3.63) is 49.4 Å². The Morgan fingerprint density at radius 2 is 2.13 bits per heavy atom. The number of rotatable bonds is 5. The summed E-state index contributed by atoms with van der Waals surface area (Å²) < 4.78 is 11.2. The van der Waals surface area contributed by atoms with Gasteiger partial charge < -0.3 is 19.5 Å². The number of benzene rings is 1. The van der Waals surface area contributed by atoms with E-state index in [1.165, 1.54) is 16.2 Å². The molecule has 1 aliphatic heterocycles. The molecule has 30 heavy (non-hydrogen) atoms. The first-order chi connectivity index (χ1) is 14.3. The minimum atomic E-state index is -1.02. The highest BCUT2D eigenvalue weighted by molar-refractivity contribution is 7.13. The first kappa shape index (κ1) is 22.8. The second kappa shape index (κ2) is 9.96. The number of carboxylic acid groups (broad SMARTS) is 1. The van der Waals surface area contributed by atoms with Crippen molar-refractivity contribution in [1.29, 1.82) is 0 Å². The molecule has 0 spiro atoms. The number of carbonyl (C=O) groups excluding carboxylic acids is 1. The zero-order chi connectivity index (χ0) is 21.8. The number of halogens is 2. The van der Waals surface area contributed by atoms with Crippen LogP contribution in [-0.2, 0) is 15.9 Å². The maximum atomic E-state index is 12.4. The Balaban J connectivity index is 1.96. The summed E-state index contributed by atoms with van der Waals surface area (Å²) in [6.07, 6.45) is -1.09. The highest BCUT2D eigenvalue weighted by atomic mass is 35.5. The monoisotopic (exact) mass is 472 g/mol. The molecule has 1 saturated heterocycles. The molecule has 10 heteroatoms. The van der Waals surface area contributed by atoms with Crippen LogP contribution >= 0.6 is 34.5 Å². The van der Waals surface area contributed by atoms with Crippen molar-refractivity contribution in [3.8, 4) is 0 Å². The summed E-state index contributed by atoms with van der Waals surface area (Å²) in [4.78, 5) is 30.3. The van der Waals surface area contributed by atoms with Crippen LogP contribution in [0.15, 0.2) is 18.2 Å². The van der Waals surface area contributed by atoms with E-state index in [9.17, 15) is 14.7 Å². The molecule has 2 atom stereocenters. The molecule has 0 radical (unpaired) electrons. The second-order valence-electron chi connectivity index (χ2n) is 6.89. The molecule has 1 aromatic carbocycles. The average molecular weight is 473 g/mol. The van der Waals surface area contributed by atoms with Gasteiger partial charge in [-0.2, -0.15) is 0 Å². The lowest BCUT2D eigenvalue weighted by molar-refractivity contribution is 0.0301. The van der Waals surface area contributed by atoms with Crippen molar-refractivity contribution in [2.75, 3.05) is 26.3 Å².